The Balaban J connectivity index is 1.97. The molecule has 1 aliphatic carbocycles. The summed E-state index contributed by atoms with van der Waals surface area (Å²) in [6.07, 6.45) is 2.44. The van der Waals surface area contributed by atoms with Gasteiger partial charge in [-0.25, -0.2) is 8.78 Å². The lowest BCUT2D eigenvalue weighted by Crippen LogP contribution is -2.31. The third-order valence-corrected chi connectivity index (χ3v) is 3.73. The Bertz CT molecular complexity index is 480. The van der Waals surface area contributed by atoms with E-state index in [0.717, 1.165) is 25.2 Å². The highest BCUT2D eigenvalue weighted by Crippen LogP contribution is 2.26. The summed E-state index contributed by atoms with van der Waals surface area (Å²) in [5, 5.41) is 2.82. The van der Waals surface area contributed by atoms with Crippen molar-refractivity contribution < 1.29 is 8.78 Å². The van der Waals surface area contributed by atoms with Crippen LogP contribution in [0.2, 0.25) is 0 Å². The maximum atomic E-state index is 13.8. The van der Waals surface area contributed by atoms with E-state index in [9.17, 15) is 8.78 Å². The van der Waals surface area contributed by atoms with E-state index in [1.165, 1.54) is 12.8 Å². The van der Waals surface area contributed by atoms with E-state index >= 15 is 0 Å². The Morgan fingerprint density at radius 3 is 2.45 bits per heavy atom. The minimum absolute atomic E-state index is 0.0137. The van der Waals surface area contributed by atoms with Crippen LogP contribution >= 0.6 is 12.2 Å². The second-order valence-electron chi connectivity index (χ2n) is 4.97. The molecule has 0 unspecified atom stereocenters. The molecule has 110 valence electrons. The summed E-state index contributed by atoms with van der Waals surface area (Å²) in [5.74, 6) is -1.33. The van der Waals surface area contributed by atoms with Crippen LogP contribution in [-0.2, 0) is 0 Å². The quantitative estimate of drug-likeness (QED) is 0.759. The first-order valence-electron chi connectivity index (χ1n) is 6.79. The van der Waals surface area contributed by atoms with Gasteiger partial charge >= 0.3 is 0 Å². The van der Waals surface area contributed by atoms with Crippen LogP contribution in [0.5, 0.6) is 0 Å². The number of hydrogen-bond acceptors (Lipinski definition) is 3. The van der Waals surface area contributed by atoms with Crippen molar-refractivity contribution in [2.45, 2.75) is 25.8 Å². The predicted molar refractivity (Wildman–Crippen MR) is 81.0 cm³/mol. The summed E-state index contributed by atoms with van der Waals surface area (Å²) in [4.78, 5) is 2.30. The molecule has 1 aliphatic rings. The molecule has 1 aromatic rings. The second kappa shape index (κ2) is 6.45. The monoisotopic (exact) mass is 299 g/mol. The summed E-state index contributed by atoms with van der Waals surface area (Å²) in [6.45, 7) is 4.33. The maximum absolute atomic E-state index is 13.8. The Labute approximate surface area is 123 Å². The molecule has 0 atom stereocenters. The number of halogens is 2. The Hall–Kier alpha value is -1.27. The molecule has 0 amide bonds. The molecule has 1 saturated carbocycles. The van der Waals surface area contributed by atoms with Crippen molar-refractivity contribution in [3.63, 3.8) is 0 Å². The molecule has 2 rings (SSSR count). The van der Waals surface area contributed by atoms with Crippen LogP contribution in [0.15, 0.2) is 12.1 Å². The number of nitrogens with one attached hydrogen (secondary N) is 1. The van der Waals surface area contributed by atoms with Crippen LogP contribution in [0.3, 0.4) is 0 Å². The highest BCUT2D eigenvalue weighted by molar-refractivity contribution is 7.80. The zero-order chi connectivity index (χ0) is 14.7. The van der Waals surface area contributed by atoms with E-state index in [2.05, 4.69) is 17.1 Å². The maximum Gasteiger partial charge on any atom is 0.150 e. The van der Waals surface area contributed by atoms with Crippen LogP contribution < -0.4 is 11.1 Å². The van der Waals surface area contributed by atoms with Gasteiger partial charge in [0.1, 0.15) is 22.3 Å². The third-order valence-electron chi connectivity index (χ3n) is 3.50. The van der Waals surface area contributed by atoms with Crippen molar-refractivity contribution in [2.24, 2.45) is 5.73 Å². The van der Waals surface area contributed by atoms with Crippen LogP contribution in [-0.4, -0.2) is 35.6 Å². The summed E-state index contributed by atoms with van der Waals surface area (Å²) >= 11 is 4.71. The van der Waals surface area contributed by atoms with Crippen molar-refractivity contribution in [3.05, 3.63) is 29.3 Å². The molecule has 0 spiro atoms. The van der Waals surface area contributed by atoms with Crippen molar-refractivity contribution in [3.8, 4) is 0 Å². The van der Waals surface area contributed by atoms with Crippen LogP contribution in [0.1, 0.15) is 25.3 Å². The molecule has 0 saturated heterocycles. The van der Waals surface area contributed by atoms with E-state index in [4.69, 9.17) is 18.0 Å². The molecule has 6 heteroatoms. The van der Waals surface area contributed by atoms with Gasteiger partial charge in [-0.1, -0.05) is 19.1 Å². The first kappa shape index (κ1) is 15.1. The topological polar surface area (TPSA) is 41.3 Å². The highest BCUT2D eigenvalue weighted by Gasteiger charge is 2.27. The predicted octanol–water partition coefficient (Wildman–Crippen LogP) is 2.50. The van der Waals surface area contributed by atoms with Gasteiger partial charge in [0.2, 0.25) is 0 Å². The SMILES string of the molecule is CCN(CCNc1c(F)cc(C(N)=S)cc1F)C1CC1. The van der Waals surface area contributed by atoms with Gasteiger partial charge in [0, 0.05) is 24.7 Å². The molecule has 3 nitrogen and oxygen atoms in total. The lowest BCUT2D eigenvalue weighted by molar-refractivity contribution is 0.288. The molecule has 0 aromatic heterocycles. The zero-order valence-electron chi connectivity index (χ0n) is 11.5. The number of likely N-dealkylation sites (N-methyl/N-ethyl adjacent to an activating group) is 1. The highest BCUT2D eigenvalue weighted by atomic mass is 32.1. The van der Waals surface area contributed by atoms with Gasteiger partial charge in [0.05, 0.1) is 0 Å². The van der Waals surface area contributed by atoms with Gasteiger partial charge in [-0.2, -0.15) is 0 Å². The van der Waals surface area contributed by atoms with E-state index < -0.39 is 11.6 Å². The number of benzene rings is 1. The summed E-state index contributed by atoms with van der Waals surface area (Å²) in [5.41, 5.74) is 5.46. The lowest BCUT2D eigenvalue weighted by atomic mass is 10.2. The van der Waals surface area contributed by atoms with Crippen molar-refractivity contribution in [1.82, 2.24) is 4.90 Å². The fourth-order valence-corrected chi connectivity index (χ4v) is 2.37. The first-order valence-corrected chi connectivity index (χ1v) is 7.20. The zero-order valence-corrected chi connectivity index (χ0v) is 12.3. The Morgan fingerprint density at radius 1 is 1.40 bits per heavy atom. The number of nitrogens with zero attached hydrogens (tertiary/aromatic N) is 1. The van der Waals surface area contributed by atoms with Gasteiger partial charge in [0.15, 0.2) is 0 Å². The standard InChI is InChI=1S/C14H19F2N3S/c1-2-19(10-3-4-10)6-5-18-13-11(15)7-9(14(17)20)8-12(13)16/h7-8,10,18H,2-6H2,1H3,(H2,17,20). The number of anilines is 1. The van der Waals surface area contributed by atoms with Crippen LogP contribution in [0.25, 0.3) is 0 Å². The molecule has 0 aliphatic heterocycles. The number of thiocarbonyl (C=S) groups is 1. The van der Waals surface area contributed by atoms with E-state index in [1.807, 2.05) is 0 Å². The van der Waals surface area contributed by atoms with Gasteiger partial charge < -0.3 is 11.1 Å². The Morgan fingerprint density at radius 2 is 2.00 bits per heavy atom. The second-order valence-corrected chi connectivity index (χ2v) is 5.41. The van der Waals surface area contributed by atoms with E-state index in [-0.39, 0.29) is 16.2 Å². The van der Waals surface area contributed by atoms with E-state index in [0.29, 0.717) is 12.6 Å². The van der Waals surface area contributed by atoms with Gasteiger partial charge in [0.25, 0.3) is 0 Å². The largest absolute Gasteiger partial charge is 0.389 e. The number of hydrogen-bond donors (Lipinski definition) is 2. The summed E-state index contributed by atoms with van der Waals surface area (Å²) < 4.78 is 27.6. The van der Waals surface area contributed by atoms with Crippen LogP contribution in [0, 0.1) is 11.6 Å². The van der Waals surface area contributed by atoms with E-state index in [1.54, 1.807) is 0 Å². The molecule has 0 bridgehead atoms. The molecule has 20 heavy (non-hydrogen) atoms. The molecular formula is C14H19F2N3S. The van der Waals surface area contributed by atoms with Crippen LogP contribution in [0.4, 0.5) is 14.5 Å². The van der Waals surface area contributed by atoms with Crippen molar-refractivity contribution in [1.29, 1.82) is 0 Å². The van der Waals surface area contributed by atoms with Gasteiger partial charge in [-0.05, 0) is 31.5 Å². The number of rotatable bonds is 7. The normalized spacial score (nSPS) is 14.6. The molecule has 1 aromatic carbocycles. The third kappa shape index (κ3) is 3.64. The summed E-state index contributed by atoms with van der Waals surface area (Å²) in [7, 11) is 0. The number of nitrogens with two attached hydrogens (primary N) is 1. The average molecular weight is 299 g/mol. The minimum atomic E-state index is -0.665. The van der Waals surface area contributed by atoms with Crippen molar-refractivity contribution in [2.75, 3.05) is 25.0 Å². The molecular weight excluding hydrogens is 280 g/mol. The smallest absolute Gasteiger partial charge is 0.150 e. The Kier molecular flexibility index (Phi) is 4.88. The molecule has 1 fully saturated rings. The summed E-state index contributed by atoms with van der Waals surface area (Å²) in [6, 6.07) is 2.96. The average Bonchev–Trinajstić information content (AvgIpc) is 3.21. The minimum Gasteiger partial charge on any atom is -0.389 e. The molecule has 0 radical (unpaired) electrons. The van der Waals surface area contributed by atoms with Crippen molar-refractivity contribution >= 4 is 22.9 Å². The van der Waals surface area contributed by atoms with Gasteiger partial charge in [-0.15, -0.1) is 0 Å². The molecule has 3 N–H and O–H groups in total. The fourth-order valence-electron chi connectivity index (χ4n) is 2.25. The lowest BCUT2D eigenvalue weighted by Gasteiger charge is -2.20. The molecule has 0 heterocycles. The fraction of sp³-hybridized carbons (Fsp3) is 0.500. The van der Waals surface area contributed by atoms with Gasteiger partial charge in [-0.3, -0.25) is 4.90 Å². The first-order chi connectivity index (χ1) is 9.52.